The molecule has 0 atom stereocenters. The Kier molecular flexibility index (Phi) is 5.02. The summed E-state index contributed by atoms with van der Waals surface area (Å²) in [4.78, 5) is 9.03. The molecule has 0 bridgehead atoms. The minimum atomic E-state index is -0.203. The molecule has 1 aromatic heterocycles. The summed E-state index contributed by atoms with van der Waals surface area (Å²) in [7, 11) is 0. The monoisotopic (exact) mass is 287 g/mol. The van der Waals surface area contributed by atoms with Crippen molar-refractivity contribution in [2.24, 2.45) is 5.92 Å². The Morgan fingerprint density at radius 3 is 2.57 bits per heavy atom. The average Bonchev–Trinajstić information content (AvgIpc) is 2.41. The van der Waals surface area contributed by atoms with E-state index in [-0.39, 0.29) is 5.82 Å². The molecule has 3 nitrogen and oxygen atoms in total. The van der Waals surface area contributed by atoms with E-state index in [1.54, 1.807) is 19.1 Å². The number of nitrogens with zero attached hydrogens (tertiary/aromatic N) is 2. The lowest BCUT2D eigenvalue weighted by molar-refractivity contribution is 0.548. The van der Waals surface area contributed by atoms with Crippen LogP contribution >= 0.6 is 0 Å². The number of halogens is 1. The molecule has 0 spiro atoms. The summed E-state index contributed by atoms with van der Waals surface area (Å²) in [5.74, 6) is 1.05. The minimum absolute atomic E-state index is 0.203. The lowest BCUT2D eigenvalue weighted by Crippen LogP contribution is -2.20. The van der Waals surface area contributed by atoms with Crippen molar-refractivity contribution in [1.29, 1.82) is 0 Å². The number of benzene rings is 1. The Morgan fingerprint density at radius 1 is 1.14 bits per heavy atom. The second kappa shape index (κ2) is 6.76. The standard InChI is InChI=1S/C17H22FN3/c1-11(2)9-19-10-15-8-13(4)20-17(21-15)14-5-6-16(18)12(3)7-14/h5-8,11,19H,9-10H2,1-4H3. The molecular formula is C17H22FN3. The molecule has 112 valence electrons. The quantitative estimate of drug-likeness (QED) is 0.912. The van der Waals surface area contributed by atoms with Crippen LogP contribution in [0.15, 0.2) is 24.3 Å². The van der Waals surface area contributed by atoms with Crippen molar-refractivity contribution in [1.82, 2.24) is 15.3 Å². The predicted octanol–water partition coefficient (Wildman–Crippen LogP) is 3.65. The summed E-state index contributed by atoms with van der Waals surface area (Å²) < 4.78 is 13.4. The number of rotatable bonds is 5. The smallest absolute Gasteiger partial charge is 0.159 e. The molecule has 0 radical (unpaired) electrons. The van der Waals surface area contributed by atoms with Crippen LogP contribution in [0.5, 0.6) is 0 Å². The van der Waals surface area contributed by atoms with Gasteiger partial charge in [0.15, 0.2) is 5.82 Å². The predicted molar refractivity (Wildman–Crippen MR) is 83.4 cm³/mol. The fourth-order valence-corrected chi connectivity index (χ4v) is 2.13. The van der Waals surface area contributed by atoms with Crippen molar-refractivity contribution in [3.63, 3.8) is 0 Å². The number of aromatic nitrogens is 2. The average molecular weight is 287 g/mol. The first-order valence-corrected chi connectivity index (χ1v) is 7.27. The fraction of sp³-hybridized carbons (Fsp3) is 0.412. The molecule has 0 aliphatic heterocycles. The van der Waals surface area contributed by atoms with Crippen LogP contribution < -0.4 is 5.32 Å². The van der Waals surface area contributed by atoms with E-state index < -0.39 is 0 Å². The van der Waals surface area contributed by atoms with Gasteiger partial charge in [0.2, 0.25) is 0 Å². The summed E-state index contributed by atoms with van der Waals surface area (Å²) in [5, 5.41) is 3.38. The second-order valence-electron chi connectivity index (χ2n) is 5.81. The number of hydrogen-bond acceptors (Lipinski definition) is 3. The van der Waals surface area contributed by atoms with Crippen molar-refractivity contribution in [3.8, 4) is 11.4 Å². The Morgan fingerprint density at radius 2 is 1.90 bits per heavy atom. The summed E-state index contributed by atoms with van der Waals surface area (Å²) in [6, 6.07) is 6.96. The van der Waals surface area contributed by atoms with E-state index in [4.69, 9.17) is 0 Å². The normalized spacial score (nSPS) is 11.1. The minimum Gasteiger partial charge on any atom is -0.311 e. The van der Waals surface area contributed by atoms with Crippen molar-refractivity contribution >= 4 is 0 Å². The zero-order valence-corrected chi connectivity index (χ0v) is 13.1. The van der Waals surface area contributed by atoms with E-state index in [2.05, 4.69) is 29.1 Å². The van der Waals surface area contributed by atoms with Crippen LogP contribution in [0, 0.1) is 25.6 Å². The van der Waals surface area contributed by atoms with Crippen LogP contribution in [0.1, 0.15) is 30.8 Å². The van der Waals surface area contributed by atoms with Gasteiger partial charge in [0.25, 0.3) is 0 Å². The molecular weight excluding hydrogens is 265 g/mol. The second-order valence-corrected chi connectivity index (χ2v) is 5.81. The van der Waals surface area contributed by atoms with Gasteiger partial charge in [0, 0.05) is 17.8 Å². The van der Waals surface area contributed by atoms with Crippen LogP contribution in [0.2, 0.25) is 0 Å². The van der Waals surface area contributed by atoms with Crippen molar-refractivity contribution < 1.29 is 4.39 Å². The Bertz CT molecular complexity index is 623. The zero-order chi connectivity index (χ0) is 15.4. The van der Waals surface area contributed by atoms with Crippen molar-refractivity contribution in [3.05, 3.63) is 47.0 Å². The lowest BCUT2D eigenvalue weighted by Gasteiger charge is -2.09. The van der Waals surface area contributed by atoms with Gasteiger partial charge in [-0.3, -0.25) is 0 Å². The number of hydrogen-bond donors (Lipinski definition) is 1. The first kappa shape index (κ1) is 15.6. The van der Waals surface area contributed by atoms with Crippen LogP contribution in [0.3, 0.4) is 0 Å². The highest BCUT2D eigenvalue weighted by Crippen LogP contribution is 2.19. The number of aryl methyl sites for hydroxylation is 2. The summed E-state index contributed by atoms with van der Waals surface area (Å²) in [6.07, 6.45) is 0. The third kappa shape index (κ3) is 4.33. The van der Waals surface area contributed by atoms with Gasteiger partial charge in [-0.25, -0.2) is 14.4 Å². The van der Waals surface area contributed by atoms with E-state index in [0.717, 1.165) is 23.5 Å². The van der Waals surface area contributed by atoms with E-state index in [1.807, 2.05) is 13.0 Å². The Labute approximate surface area is 125 Å². The Balaban J connectivity index is 2.23. The summed E-state index contributed by atoms with van der Waals surface area (Å²) >= 11 is 0. The number of nitrogens with one attached hydrogen (secondary N) is 1. The molecule has 1 aromatic carbocycles. The molecule has 0 unspecified atom stereocenters. The highest BCUT2D eigenvalue weighted by Gasteiger charge is 2.07. The SMILES string of the molecule is Cc1cc(CNCC(C)C)nc(-c2ccc(F)c(C)c2)n1. The van der Waals surface area contributed by atoms with Gasteiger partial charge in [0.1, 0.15) is 5.82 Å². The summed E-state index contributed by atoms with van der Waals surface area (Å²) in [6.45, 7) is 9.71. The molecule has 1 N–H and O–H groups in total. The molecule has 0 aliphatic rings. The fourth-order valence-electron chi connectivity index (χ4n) is 2.13. The van der Waals surface area contributed by atoms with Gasteiger partial charge >= 0.3 is 0 Å². The maximum absolute atomic E-state index is 13.4. The van der Waals surface area contributed by atoms with Crippen molar-refractivity contribution in [2.75, 3.05) is 6.54 Å². The van der Waals surface area contributed by atoms with E-state index in [0.29, 0.717) is 23.9 Å². The van der Waals surface area contributed by atoms with Crippen LogP contribution in [0.4, 0.5) is 4.39 Å². The topological polar surface area (TPSA) is 37.8 Å². The largest absolute Gasteiger partial charge is 0.311 e. The van der Waals surface area contributed by atoms with Gasteiger partial charge < -0.3 is 5.32 Å². The molecule has 0 amide bonds. The van der Waals surface area contributed by atoms with Gasteiger partial charge in [0.05, 0.1) is 5.69 Å². The van der Waals surface area contributed by atoms with E-state index in [9.17, 15) is 4.39 Å². The highest BCUT2D eigenvalue weighted by atomic mass is 19.1. The van der Waals surface area contributed by atoms with Crippen molar-refractivity contribution in [2.45, 2.75) is 34.2 Å². The van der Waals surface area contributed by atoms with Gasteiger partial charge in [-0.1, -0.05) is 13.8 Å². The molecule has 4 heteroatoms. The first-order chi connectivity index (χ1) is 9.95. The zero-order valence-electron chi connectivity index (χ0n) is 13.1. The molecule has 0 saturated carbocycles. The Hall–Kier alpha value is -1.81. The van der Waals surface area contributed by atoms with E-state index >= 15 is 0 Å². The molecule has 21 heavy (non-hydrogen) atoms. The summed E-state index contributed by atoms with van der Waals surface area (Å²) in [5.41, 5.74) is 3.34. The first-order valence-electron chi connectivity index (χ1n) is 7.27. The van der Waals surface area contributed by atoms with Crippen LogP contribution in [-0.4, -0.2) is 16.5 Å². The van der Waals surface area contributed by atoms with Crippen LogP contribution in [-0.2, 0) is 6.54 Å². The third-order valence-electron chi connectivity index (χ3n) is 3.18. The molecule has 0 aliphatic carbocycles. The molecule has 0 fully saturated rings. The van der Waals surface area contributed by atoms with E-state index in [1.165, 1.54) is 6.07 Å². The van der Waals surface area contributed by atoms with Gasteiger partial charge in [-0.2, -0.15) is 0 Å². The van der Waals surface area contributed by atoms with Gasteiger partial charge in [-0.15, -0.1) is 0 Å². The van der Waals surface area contributed by atoms with Gasteiger partial charge in [-0.05, 0) is 56.1 Å². The lowest BCUT2D eigenvalue weighted by atomic mass is 10.1. The molecule has 0 saturated heterocycles. The third-order valence-corrected chi connectivity index (χ3v) is 3.18. The maximum atomic E-state index is 13.4. The maximum Gasteiger partial charge on any atom is 0.159 e. The van der Waals surface area contributed by atoms with Crippen LogP contribution in [0.25, 0.3) is 11.4 Å². The molecule has 2 aromatic rings. The molecule has 2 rings (SSSR count). The molecule has 1 heterocycles. The highest BCUT2D eigenvalue weighted by molar-refractivity contribution is 5.56.